The summed E-state index contributed by atoms with van der Waals surface area (Å²) in [5.41, 5.74) is 1.77. The topological polar surface area (TPSA) is 85.8 Å². The molecule has 0 aliphatic carbocycles. The number of likely N-dealkylation sites (tertiary alicyclic amines) is 1. The van der Waals surface area contributed by atoms with Crippen LogP contribution in [0.25, 0.3) is 0 Å². The summed E-state index contributed by atoms with van der Waals surface area (Å²) in [6.07, 6.45) is 4.35. The molecule has 1 aliphatic heterocycles. The van der Waals surface area contributed by atoms with Crippen LogP contribution in [-0.4, -0.2) is 62.4 Å². The van der Waals surface area contributed by atoms with E-state index in [9.17, 15) is 9.59 Å². The van der Waals surface area contributed by atoms with Crippen LogP contribution in [0.5, 0.6) is 0 Å². The number of carbonyl (C=O) groups excluding carboxylic acids is 2. The van der Waals surface area contributed by atoms with E-state index in [0.717, 1.165) is 56.8 Å². The number of amides is 2. The maximum atomic E-state index is 11.9. The maximum absolute atomic E-state index is 11.9. The van der Waals surface area contributed by atoms with Crippen LogP contribution in [0.15, 0.2) is 29.3 Å². The number of guanidine groups is 1. The summed E-state index contributed by atoms with van der Waals surface area (Å²) in [6.45, 7) is 4.52. The molecule has 0 saturated carbocycles. The van der Waals surface area contributed by atoms with Crippen molar-refractivity contribution in [1.29, 1.82) is 0 Å². The molecule has 0 radical (unpaired) electrons. The summed E-state index contributed by atoms with van der Waals surface area (Å²) in [7, 11) is 3.39. The first-order valence-corrected chi connectivity index (χ1v) is 10.1. The molecule has 28 heavy (non-hydrogen) atoms. The smallest absolute Gasteiger partial charge is 0.251 e. The van der Waals surface area contributed by atoms with Crippen molar-refractivity contribution < 1.29 is 9.59 Å². The molecule has 1 aromatic carbocycles. The van der Waals surface area contributed by atoms with Gasteiger partial charge in [0.05, 0.1) is 0 Å². The fourth-order valence-corrected chi connectivity index (χ4v) is 3.55. The van der Waals surface area contributed by atoms with Crippen molar-refractivity contribution >= 4 is 17.8 Å². The normalized spacial score (nSPS) is 15.5. The molecule has 2 amide bonds. The average molecular weight is 388 g/mol. The predicted octanol–water partition coefficient (Wildman–Crippen LogP) is 1.54. The molecule has 0 bridgehead atoms. The first-order valence-electron chi connectivity index (χ1n) is 10.1. The molecule has 0 aromatic heterocycles. The van der Waals surface area contributed by atoms with E-state index in [2.05, 4.69) is 27.9 Å². The predicted molar refractivity (Wildman–Crippen MR) is 113 cm³/mol. The Bertz CT molecular complexity index is 689. The Hall–Kier alpha value is -2.57. The SMILES string of the molecule is CCC(CCNC(=NC)NCCc1cccc(C(=O)NC)c1)N1CCCC1=O. The summed E-state index contributed by atoms with van der Waals surface area (Å²) in [5.74, 6) is 0.965. The Labute approximate surface area is 168 Å². The van der Waals surface area contributed by atoms with E-state index in [1.54, 1.807) is 14.1 Å². The van der Waals surface area contributed by atoms with Crippen LogP contribution in [0.1, 0.15) is 48.5 Å². The van der Waals surface area contributed by atoms with Gasteiger partial charge < -0.3 is 20.9 Å². The number of hydrogen-bond donors (Lipinski definition) is 3. The van der Waals surface area contributed by atoms with Crippen LogP contribution in [0.4, 0.5) is 0 Å². The molecule has 0 spiro atoms. The van der Waals surface area contributed by atoms with E-state index in [0.29, 0.717) is 18.0 Å². The molecule has 1 unspecified atom stereocenters. The molecular weight excluding hydrogens is 354 g/mol. The molecule has 1 aromatic rings. The molecular formula is C21H33N5O2. The molecule has 154 valence electrons. The molecule has 1 atom stereocenters. The van der Waals surface area contributed by atoms with Crippen molar-refractivity contribution in [2.45, 2.75) is 45.1 Å². The Balaban J connectivity index is 1.74. The third kappa shape index (κ3) is 6.25. The second kappa shape index (κ2) is 11.3. The number of nitrogens with one attached hydrogen (secondary N) is 3. The summed E-state index contributed by atoms with van der Waals surface area (Å²) in [6, 6.07) is 7.94. The van der Waals surface area contributed by atoms with E-state index >= 15 is 0 Å². The third-order valence-electron chi connectivity index (χ3n) is 5.14. The number of carbonyl (C=O) groups is 2. The van der Waals surface area contributed by atoms with Gasteiger partial charge >= 0.3 is 0 Å². The highest BCUT2D eigenvalue weighted by Crippen LogP contribution is 2.17. The Morgan fingerprint density at radius 3 is 2.71 bits per heavy atom. The van der Waals surface area contributed by atoms with Gasteiger partial charge in [-0.15, -0.1) is 0 Å². The van der Waals surface area contributed by atoms with E-state index in [1.807, 2.05) is 29.2 Å². The standard InChI is InChI=1S/C21H33N5O2/c1-4-18(26-14-6-9-19(26)27)11-13-25-21(23-3)24-12-10-16-7-5-8-17(15-16)20(28)22-2/h5,7-8,15,18H,4,6,9-14H2,1-3H3,(H,22,28)(H2,23,24,25). The lowest BCUT2D eigenvalue weighted by atomic mass is 10.1. The zero-order chi connectivity index (χ0) is 20.4. The second-order valence-electron chi connectivity index (χ2n) is 7.00. The van der Waals surface area contributed by atoms with Crippen molar-refractivity contribution in [1.82, 2.24) is 20.9 Å². The van der Waals surface area contributed by atoms with Crippen LogP contribution in [0.3, 0.4) is 0 Å². The van der Waals surface area contributed by atoms with Gasteiger partial charge in [-0.3, -0.25) is 14.6 Å². The van der Waals surface area contributed by atoms with Gasteiger partial charge in [-0.2, -0.15) is 0 Å². The fraction of sp³-hybridized carbons (Fsp3) is 0.571. The van der Waals surface area contributed by atoms with Crippen LogP contribution in [-0.2, 0) is 11.2 Å². The van der Waals surface area contributed by atoms with Gasteiger partial charge in [0.2, 0.25) is 5.91 Å². The van der Waals surface area contributed by atoms with Crippen LogP contribution >= 0.6 is 0 Å². The quantitative estimate of drug-likeness (QED) is 0.443. The monoisotopic (exact) mass is 387 g/mol. The van der Waals surface area contributed by atoms with Crippen LogP contribution in [0.2, 0.25) is 0 Å². The Morgan fingerprint density at radius 2 is 2.07 bits per heavy atom. The fourth-order valence-electron chi connectivity index (χ4n) is 3.55. The number of hydrogen-bond acceptors (Lipinski definition) is 3. The first-order chi connectivity index (χ1) is 13.6. The summed E-state index contributed by atoms with van der Waals surface area (Å²) < 4.78 is 0. The Morgan fingerprint density at radius 1 is 1.29 bits per heavy atom. The number of nitrogens with zero attached hydrogens (tertiary/aromatic N) is 2. The lowest BCUT2D eigenvalue weighted by Gasteiger charge is -2.27. The average Bonchev–Trinajstić information content (AvgIpc) is 3.15. The minimum Gasteiger partial charge on any atom is -0.356 e. The number of rotatable bonds is 9. The highest BCUT2D eigenvalue weighted by atomic mass is 16.2. The van der Waals surface area contributed by atoms with Gasteiger partial charge in [-0.05, 0) is 43.4 Å². The van der Waals surface area contributed by atoms with Crippen molar-refractivity contribution in [3.05, 3.63) is 35.4 Å². The summed E-state index contributed by atoms with van der Waals surface area (Å²) in [4.78, 5) is 29.9. The van der Waals surface area contributed by atoms with Gasteiger partial charge in [0.15, 0.2) is 5.96 Å². The molecule has 7 heteroatoms. The van der Waals surface area contributed by atoms with Gasteiger partial charge in [-0.1, -0.05) is 19.1 Å². The molecule has 2 rings (SSSR count). The molecule has 7 nitrogen and oxygen atoms in total. The van der Waals surface area contributed by atoms with Crippen molar-refractivity contribution in [3.63, 3.8) is 0 Å². The maximum Gasteiger partial charge on any atom is 0.251 e. The van der Waals surface area contributed by atoms with Gasteiger partial charge in [0, 0.05) is 51.8 Å². The van der Waals surface area contributed by atoms with Gasteiger partial charge in [-0.25, -0.2) is 0 Å². The molecule has 1 heterocycles. The lowest BCUT2D eigenvalue weighted by molar-refractivity contribution is -0.129. The van der Waals surface area contributed by atoms with Crippen molar-refractivity contribution in [2.75, 3.05) is 33.7 Å². The van der Waals surface area contributed by atoms with Crippen molar-refractivity contribution in [3.8, 4) is 0 Å². The molecule has 1 fully saturated rings. The second-order valence-corrected chi connectivity index (χ2v) is 7.00. The number of aliphatic imine (C=N–C) groups is 1. The largest absolute Gasteiger partial charge is 0.356 e. The van der Waals surface area contributed by atoms with Crippen LogP contribution < -0.4 is 16.0 Å². The van der Waals surface area contributed by atoms with Crippen LogP contribution in [0, 0.1) is 0 Å². The minimum atomic E-state index is -0.0748. The van der Waals surface area contributed by atoms with Crippen molar-refractivity contribution in [2.24, 2.45) is 4.99 Å². The summed E-state index contributed by atoms with van der Waals surface area (Å²) in [5, 5.41) is 9.29. The molecule has 1 saturated heterocycles. The minimum absolute atomic E-state index is 0.0748. The molecule has 3 N–H and O–H groups in total. The van der Waals surface area contributed by atoms with E-state index in [1.165, 1.54) is 0 Å². The lowest BCUT2D eigenvalue weighted by Crippen LogP contribution is -2.42. The number of benzene rings is 1. The third-order valence-corrected chi connectivity index (χ3v) is 5.14. The van der Waals surface area contributed by atoms with Gasteiger partial charge in [0.25, 0.3) is 5.91 Å². The van der Waals surface area contributed by atoms with Gasteiger partial charge in [0.1, 0.15) is 0 Å². The Kier molecular flexibility index (Phi) is 8.78. The highest BCUT2D eigenvalue weighted by Gasteiger charge is 2.26. The first kappa shape index (κ1) is 21.7. The summed E-state index contributed by atoms with van der Waals surface area (Å²) >= 11 is 0. The van der Waals surface area contributed by atoms with E-state index in [-0.39, 0.29) is 11.8 Å². The zero-order valence-electron chi connectivity index (χ0n) is 17.3. The van der Waals surface area contributed by atoms with E-state index in [4.69, 9.17) is 0 Å². The highest BCUT2D eigenvalue weighted by molar-refractivity contribution is 5.94. The van der Waals surface area contributed by atoms with E-state index < -0.39 is 0 Å². The molecule has 1 aliphatic rings. The zero-order valence-corrected chi connectivity index (χ0v) is 17.3.